The summed E-state index contributed by atoms with van der Waals surface area (Å²) in [5.41, 5.74) is 4.35. The number of aromatic nitrogens is 2. The maximum absolute atomic E-state index is 13.6. The molecule has 0 aliphatic carbocycles. The van der Waals surface area contributed by atoms with Crippen molar-refractivity contribution in [1.82, 2.24) is 9.55 Å². The first-order valence-electron chi connectivity index (χ1n) is 12.0. The minimum Gasteiger partial charge on any atom is -0.497 e. The lowest BCUT2D eigenvalue weighted by Crippen LogP contribution is -2.26. The Morgan fingerprint density at radius 3 is 2.32 bits per heavy atom. The first-order valence-corrected chi connectivity index (χ1v) is 12.0. The number of rotatable bonds is 10. The third-order valence-corrected chi connectivity index (χ3v) is 6.43. The molecule has 37 heavy (non-hydrogen) atoms. The Morgan fingerprint density at radius 1 is 1.00 bits per heavy atom. The molecule has 4 rings (SSSR count). The fourth-order valence-corrected chi connectivity index (χ4v) is 4.39. The Hall–Kier alpha value is -4.33. The van der Waals surface area contributed by atoms with Crippen LogP contribution in [0.2, 0.25) is 0 Å². The standard InChI is InChI=1S/C29H30N2O6/c1-6-23(29(33)34)37-24-13-7-19(15-17(24)2)16-31-18(3)26(22-12-14-25(36-5)30-28(22)31)27(32)20-8-10-21(35-4)11-9-20/h7-15,23H,6,16H2,1-5H3,(H,33,34). The third-order valence-electron chi connectivity index (χ3n) is 6.43. The number of aryl methyl sites for hydroxylation is 1. The molecule has 0 aliphatic rings. The van der Waals surface area contributed by atoms with Gasteiger partial charge in [-0.1, -0.05) is 19.1 Å². The number of carbonyl (C=O) groups excluding carboxylic acids is 1. The van der Waals surface area contributed by atoms with Gasteiger partial charge in [-0.05, 0) is 67.8 Å². The van der Waals surface area contributed by atoms with E-state index in [9.17, 15) is 14.7 Å². The number of nitrogens with zero attached hydrogens (tertiary/aromatic N) is 2. The number of methoxy groups -OCH3 is 2. The molecule has 2 heterocycles. The second-order valence-corrected chi connectivity index (χ2v) is 8.78. The van der Waals surface area contributed by atoms with Crippen LogP contribution >= 0.6 is 0 Å². The Bertz CT molecular complexity index is 1460. The molecule has 1 unspecified atom stereocenters. The van der Waals surface area contributed by atoms with Gasteiger partial charge in [0.05, 0.1) is 19.8 Å². The predicted molar refractivity (Wildman–Crippen MR) is 140 cm³/mol. The Labute approximate surface area is 215 Å². The van der Waals surface area contributed by atoms with Gasteiger partial charge in [-0.3, -0.25) is 4.79 Å². The van der Waals surface area contributed by atoms with E-state index < -0.39 is 12.1 Å². The van der Waals surface area contributed by atoms with Gasteiger partial charge in [0.1, 0.15) is 17.1 Å². The van der Waals surface area contributed by atoms with E-state index in [0.29, 0.717) is 47.1 Å². The van der Waals surface area contributed by atoms with Gasteiger partial charge >= 0.3 is 5.97 Å². The SMILES string of the molecule is CCC(Oc1ccc(Cn2c(C)c(C(=O)c3ccc(OC)cc3)c3ccc(OC)nc32)cc1C)C(=O)O. The fourth-order valence-electron chi connectivity index (χ4n) is 4.39. The van der Waals surface area contributed by atoms with Gasteiger partial charge in [-0.15, -0.1) is 0 Å². The van der Waals surface area contributed by atoms with Gasteiger partial charge in [0.25, 0.3) is 0 Å². The number of pyridine rings is 1. The summed E-state index contributed by atoms with van der Waals surface area (Å²) in [6.45, 7) is 6.02. The number of carboxylic acid groups (broad SMARTS) is 1. The Balaban J connectivity index is 1.74. The van der Waals surface area contributed by atoms with E-state index in [1.165, 1.54) is 0 Å². The van der Waals surface area contributed by atoms with Gasteiger partial charge in [-0.2, -0.15) is 4.98 Å². The topological polar surface area (TPSA) is 99.9 Å². The fraction of sp³-hybridized carbons (Fsp3) is 0.276. The number of ketones is 1. The lowest BCUT2D eigenvalue weighted by atomic mass is 10.0. The molecular formula is C29H30N2O6. The zero-order valence-corrected chi connectivity index (χ0v) is 21.6. The van der Waals surface area contributed by atoms with Crippen molar-refractivity contribution in [2.24, 2.45) is 0 Å². The molecule has 8 nitrogen and oxygen atoms in total. The van der Waals surface area contributed by atoms with E-state index in [4.69, 9.17) is 14.2 Å². The van der Waals surface area contributed by atoms with Gasteiger partial charge in [-0.25, -0.2) is 4.79 Å². The molecule has 0 bridgehead atoms. The monoisotopic (exact) mass is 502 g/mol. The van der Waals surface area contributed by atoms with Crippen molar-refractivity contribution in [3.8, 4) is 17.4 Å². The highest BCUT2D eigenvalue weighted by atomic mass is 16.5. The van der Waals surface area contributed by atoms with Crippen LogP contribution in [0.5, 0.6) is 17.4 Å². The lowest BCUT2D eigenvalue weighted by molar-refractivity contribution is -0.145. The van der Waals surface area contributed by atoms with Crippen LogP contribution in [0.1, 0.15) is 46.1 Å². The quantitative estimate of drug-likeness (QED) is 0.298. The average Bonchev–Trinajstić information content (AvgIpc) is 3.17. The zero-order valence-electron chi connectivity index (χ0n) is 21.6. The molecule has 1 atom stereocenters. The van der Waals surface area contributed by atoms with Crippen LogP contribution in [-0.2, 0) is 11.3 Å². The second kappa shape index (κ2) is 10.7. The predicted octanol–water partition coefficient (Wildman–Crippen LogP) is 5.19. The molecule has 0 spiro atoms. The number of aliphatic carboxylic acids is 1. The Morgan fingerprint density at radius 2 is 1.73 bits per heavy atom. The van der Waals surface area contributed by atoms with Gasteiger partial charge in [0.15, 0.2) is 11.9 Å². The maximum Gasteiger partial charge on any atom is 0.344 e. The van der Waals surface area contributed by atoms with Crippen molar-refractivity contribution in [2.45, 2.75) is 39.8 Å². The molecule has 0 aliphatic heterocycles. The molecule has 0 fully saturated rings. The number of benzene rings is 2. The van der Waals surface area contributed by atoms with Crippen molar-refractivity contribution in [2.75, 3.05) is 14.2 Å². The summed E-state index contributed by atoms with van der Waals surface area (Å²) >= 11 is 0. The zero-order chi connectivity index (χ0) is 26.7. The van der Waals surface area contributed by atoms with E-state index >= 15 is 0 Å². The third kappa shape index (κ3) is 5.14. The maximum atomic E-state index is 13.6. The van der Waals surface area contributed by atoms with Gasteiger partial charge < -0.3 is 23.9 Å². The number of ether oxygens (including phenoxy) is 3. The molecule has 0 saturated carbocycles. The minimum absolute atomic E-state index is 0.102. The molecule has 0 radical (unpaired) electrons. The van der Waals surface area contributed by atoms with E-state index in [2.05, 4.69) is 4.98 Å². The molecule has 0 saturated heterocycles. The summed E-state index contributed by atoms with van der Waals surface area (Å²) in [5, 5.41) is 10.1. The lowest BCUT2D eigenvalue weighted by Gasteiger charge is -2.16. The van der Waals surface area contributed by atoms with Crippen molar-refractivity contribution in [3.63, 3.8) is 0 Å². The van der Waals surface area contributed by atoms with Crippen LogP contribution in [0.3, 0.4) is 0 Å². The first-order chi connectivity index (χ1) is 17.8. The van der Waals surface area contributed by atoms with Crippen LogP contribution in [0.4, 0.5) is 0 Å². The molecule has 2 aromatic heterocycles. The number of carboxylic acids is 1. The first kappa shape index (κ1) is 25.8. The number of carbonyl (C=O) groups is 2. The molecule has 192 valence electrons. The summed E-state index contributed by atoms with van der Waals surface area (Å²) in [6, 6.07) is 16.3. The minimum atomic E-state index is -0.991. The van der Waals surface area contributed by atoms with Crippen LogP contribution in [-0.4, -0.2) is 46.7 Å². The molecule has 2 aromatic carbocycles. The van der Waals surface area contributed by atoms with E-state index in [-0.39, 0.29) is 5.78 Å². The van der Waals surface area contributed by atoms with Crippen molar-refractivity contribution in [3.05, 3.63) is 82.5 Å². The van der Waals surface area contributed by atoms with Gasteiger partial charge in [0, 0.05) is 29.3 Å². The van der Waals surface area contributed by atoms with Gasteiger partial charge in [0.2, 0.25) is 5.88 Å². The molecular weight excluding hydrogens is 472 g/mol. The van der Waals surface area contributed by atoms with E-state index in [1.807, 2.05) is 36.6 Å². The van der Waals surface area contributed by atoms with Crippen LogP contribution in [0.15, 0.2) is 54.6 Å². The highest BCUT2D eigenvalue weighted by molar-refractivity contribution is 6.17. The number of hydrogen-bond donors (Lipinski definition) is 1. The van der Waals surface area contributed by atoms with E-state index in [1.54, 1.807) is 57.5 Å². The molecule has 4 aromatic rings. The van der Waals surface area contributed by atoms with Crippen LogP contribution < -0.4 is 14.2 Å². The smallest absolute Gasteiger partial charge is 0.344 e. The van der Waals surface area contributed by atoms with Crippen LogP contribution in [0.25, 0.3) is 11.0 Å². The highest BCUT2D eigenvalue weighted by Crippen LogP contribution is 2.31. The van der Waals surface area contributed by atoms with E-state index in [0.717, 1.165) is 22.2 Å². The van der Waals surface area contributed by atoms with Crippen LogP contribution in [0, 0.1) is 13.8 Å². The summed E-state index contributed by atoms with van der Waals surface area (Å²) in [6.07, 6.45) is -0.535. The largest absolute Gasteiger partial charge is 0.497 e. The van der Waals surface area contributed by atoms with Crippen molar-refractivity contribution in [1.29, 1.82) is 0 Å². The summed E-state index contributed by atoms with van der Waals surface area (Å²) < 4.78 is 18.3. The van der Waals surface area contributed by atoms with Crippen molar-refractivity contribution < 1.29 is 28.9 Å². The molecule has 1 N–H and O–H groups in total. The number of fused-ring (bicyclic) bond motifs is 1. The normalized spacial score (nSPS) is 11.8. The van der Waals surface area contributed by atoms with Crippen molar-refractivity contribution >= 4 is 22.8 Å². The summed E-state index contributed by atoms with van der Waals surface area (Å²) in [5.74, 6) is 0.569. The summed E-state index contributed by atoms with van der Waals surface area (Å²) in [7, 11) is 3.14. The highest BCUT2D eigenvalue weighted by Gasteiger charge is 2.23. The second-order valence-electron chi connectivity index (χ2n) is 8.78. The Kier molecular flexibility index (Phi) is 7.47. The summed E-state index contributed by atoms with van der Waals surface area (Å²) in [4.78, 5) is 29.7. The number of hydrogen-bond acceptors (Lipinski definition) is 6. The molecule has 8 heteroatoms. The average molecular weight is 503 g/mol. The molecule has 0 amide bonds.